The van der Waals surface area contributed by atoms with Crippen LogP contribution in [0.15, 0.2) is 24.3 Å². The highest BCUT2D eigenvalue weighted by molar-refractivity contribution is 5.33. The van der Waals surface area contributed by atoms with E-state index in [2.05, 4.69) is 42.3 Å². The van der Waals surface area contributed by atoms with Gasteiger partial charge in [0, 0.05) is 18.6 Å². The Morgan fingerprint density at radius 3 is 2.76 bits per heavy atom. The first-order valence-corrected chi connectivity index (χ1v) is 8.33. The lowest BCUT2D eigenvalue weighted by molar-refractivity contribution is 0.214. The molecule has 0 aliphatic carbocycles. The van der Waals surface area contributed by atoms with Gasteiger partial charge >= 0.3 is 0 Å². The predicted octanol–water partition coefficient (Wildman–Crippen LogP) is 3.09. The van der Waals surface area contributed by atoms with Crippen LogP contribution in [0.3, 0.4) is 0 Å². The first-order valence-electron chi connectivity index (χ1n) is 8.33. The van der Waals surface area contributed by atoms with E-state index in [9.17, 15) is 0 Å². The zero-order valence-electron chi connectivity index (χ0n) is 13.8. The Labute approximate surface area is 129 Å². The number of ether oxygens (including phenoxy) is 1. The lowest BCUT2D eigenvalue weighted by atomic mass is 10.0. The van der Waals surface area contributed by atoms with Gasteiger partial charge in [-0.2, -0.15) is 0 Å². The maximum absolute atomic E-state index is 5.45. The molecule has 1 aliphatic heterocycles. The van der Waals surface area contributed by atoms with Crippen LogP contribution in [0.5, 0.6) is 5.75 Å². The summed E-state index contributed by atoms with van der Waals surface area (Å²) in [7, 11) is 1.76. The molecule has 1 aliphatic rings. The molecule has 1 fully saturated rings. The molecule has 0 amide bonds. The normalized spacial score (nSPS) is 24.3. The van der Waals surface area contributed by atoms with Crippen LogP contribution < -0.4 is 10.1 Å². The predicted molar refractivity (Wildman–Crippen MR) is 89.0 cm³/mol. The Hall–Kier alpha value is -1.06. The summed E-state index contributed by atoms with van der Waals surface area (Å²) < 4.78 is 5.45. The van der Waals surface area contributed by atoms with Crippen molar-refractivity contribution in [2.45, 2.75) is 51.6 Å². The molecule has 3 nitrogen and oxygen atoms in total. The van der Waals surface area contributed by atoms with Crippen molar-refractivity contribution in [3.63, 3.8) is 0 Å². The van der Waals surface area contributed by atoms with Crippen LogP contribution in [0.25, 0.3) is 0 Å². The first kappa shape index (κ1) is 16.3. The molecule has 1 saturated heterocycles. The Bertz CT molecular complexity index is 421. The molecule has 0 aromatic heterocycles. The zero-order chi connectivity index (χ0) is 15.1. The van der Waals surface area contributed by atoms with E-state index in [0.717, 1.165) is 18.7 Å². The van der Waals surface area contributed by atoms with E-state index >= 15 is 0 Å². The second-order valence-corrected chi connectivity index (χ2v) is 6.15. The standard InChI is InChI=1S/C18H30N2O/c1-4-17-11-14-20(12-9-15(2)19-17)13-10-16-7-5-6-8-18(16)21-3/h5-8,15,17,19H,4,9-14H2,1-3H3. The van der Waals surface area contributed by atoms with Crippen LogP contribution in [-0.2, 0) is 6.42 Å². The van der Waals surface area contributed by atoms with Crippen molar-refractivity contribution in [3.05, 3.63) is 29.8 Å². The molecule has 3 heteroatoms. The van der Waals surface area contributed by atoms with Gasteiger partial charge < -0.3 is 15.0 Å². The average Bonchev–Trinajstić information content (AvgIpc) is 2.50. The van der Waals surface area contributed by atoms with E-state index in [1.807, 2.05) is 6.07 Å². The molecule has 2 rings (SSSR count). The van der Waals surface area contributed by atoms with Crippen LogP contribution in [0.2, 0.25) is 0 Å². The summed E-state index contributed by atoms with van der Waals surface area (Å²) in [5.41, 5.74) is 1.32. The number of nitrogens with one attached hydrogen (secondary N) is 1. The highest BCUT2D eigenvalue weighted by atomic mass is 16.5. The minimum absolute atomic E-state index is 0.629. The molecular formula is C18H30N2O. The van der Waals surface area contributed by atoms with Gasteiger partial charge in [0.25, 0.3) is 0 Å². The number of rotatable bonds is 5. The van der Waals surface area contributed by atoms with Crippen molar-refractivity contribution in [1.82, 2.24) is 10.2 Å². The SMILES string of the molecule is CCC1CCN(CCc2ccccc2OC)CCC(C)N1. The maximum Gasteiger partial charge on any atom is 0.122 e. The Morgan fingerprint density at radius 2 is 2.00 bits per heavy atom. The summed E-state index contributed by atoms with van der Waals surface area (Å²) in [6, 6.07) is 9.68. The number of hydrogen-bond donors (Lipinski definition) is 1. The van der Waals surface area contributed by atoms with Crippen molar-refractivity contribution in [3.8, 4) is 5.75 Å². The molecule has 1 aromatic carbocycles. The second-order valence-electron chi connectivity index (χ2n) is 6.15. The zero-order valence-corrected chi connectivity index (χ0v) is 13.8. The van der Waals surface area contributed by atoms with Crippen molar-refractivity contribution < 1.29 is 4.74 Å². The molecule has 21 heavy (non-hydrogen) atoms. The summed E-state index contributed by atoms with van der Waals surface area (Å²) >= 11 is 0. The quantitative estimate of drug-likeness (QED) is 0.902. The van der Waals surface area contributed by atoms with Gasteiger partial charge in [-0.1, -0.05) is 25.1 Å². The smallest absolute Gasteiger partial charge is 0.122 e. The lowest BCUT2D eigenvalue weighted by Crippen LogP contribution is -2.44. The monoisotopic (exact) mass is 290 g/mol. The lowest BCUT2D eigenvalue weighted by Gasteiger charge is -2.32. The van der Waals surface area contributed by atoms with Gasteiger partial charge in [-0.05, 0) is 57.3 Å². The van der Waals surface area contributed by atoms with Gasteiger partial charge in [-0.3, -0.25) is 0 Å². The van der Waals surface area contributed by atoms with Gasteiger partial charge in [-0.25, -0.2) is 0 Å². The third-order valence-electron chi connectivity index (χ3n) is 4.58. The van der Waals surface area contributed by atoms with Crippen LogP contribution in [0, 0.1) is 0 Å². The fraction of sp³-hybridized carbons (Fsp3) is 0.667. The van der Waals surface area contributed by atoms with E-state index in [0.29, 0.717) is 12.1 Å². The Morgan fingerprint density at radius 1 is 1.24 bits per heavy atom. The average molecular weight is 290 g/mol. The fourth-order valence-electron chi connectivity index (χ4n) is 3.13. The summed E-state index contributed by atoms with van der Waals surface area (Å²) in [5.74, 6) is 1.02. The Kier molecular flexibility index (Phi) is 6.52. The second kappa shape index (κ2) is 8.40. The number of nitrogens with zero attached hydrogens (tertiary/aromatic N) is 1. The number of para-hydroxylation sites is 1. The van der Waals surface area contributed by atoms with E-state index < -0.39 is 0 Å². The van der Waals surface area contributed by atoms with Gasteiger partial charge in [0.2, 0.25) is 0 Å². The number of hydrogen-bond acceptors (Lipinski definition) is 3. The molecule has 1 N–H and O–H groups in total. The molecule has 1 aromatic rings. The van der Waals surface area contributed by atoms with E-state index in [1.165, 1.54) is 37.9 Å². The molecule has 0 spiro atoms. The molecule has 0 saturated carbocycles. The van der Waals surface area contributed by atoms with Crippen LogP contribution in [-0.4, -0.2) is 43.7 Å². The highest BCUT2D eigenvalue weighted by Crippen LogP contribution is 2.18. The summed E-state index contributed by atoms with van der Waals surface area (Å²) in [4.78, 5) is 2.62. The number of methoxy groups -OCH3 is 1. The van der Waals surface area contributed by atoms with E-state index in [-0.39, 0.29) is 0 Å². The van der Waals surface area contributed by atoms with Crippen LogP contribution in [0.4, 0.5) is 0 Å². The minimum atomic E-state index is 0.629. The largest absolute Gasteiger partial charge is 0.496 e. The molecule has 118 valence electrons. The number of benzene rings is 1. The molecular weight excluding hydrogens is 260 g/mol. The third-order valence-corrected chi connectivity index (χ3v) is 4.58. The van der Waals surface area contributed by atoms with Gasteiger partial charge in [0.1, 0.15) is 5.75 Å². The van der Waals surface area contributed by atoms with Gasteiger partial charge in [-0.15, -0.1) is 0 Å². The molecule has 2 atom stereocenters. The van der Waals surface area contributed by atoms with E-state index in [1.54, 1.807) is 7.11 Å². The van der Waals surface area contributed by atoms with Crippen molar-refractivity contribution >= 4 is 0 Å². The highest BCUT2D eigenvalue weighted by Gasteiger charge is 2.17. The maximum atomic E-state index is 5.45. The van der Waals surface area contributed by atoms with Crippen LogP contribution in [0.1, 0.15) is 38.7 Å². The fourth-order valence-corrected chi connectivity index (χ4v) is 3.13. The molecule has 0 bridgehead atoms. The third kappa shape index (κ3) is 5.01. The Balaban J connectivity index is 1.89. The van der Waals surface area contributed by atoms with Gasteiger partial charge in [0.05, 0.1) is 7.11 Å². The van der Waals surface area contributed by atoms with Crippen molar-refractivity contribution in [2.75, 3.05) is 26.7 Å². The molecule has 2 unspecified atom stereocenters. The molecule has 0 radical (unpaired) electrons. The van der Waals surface area contributed by atoms with Gasteiger partial charge in [0.15, 0.2) is 0 Å². The summed E-state index contributed by atoms with van der Waals surface area (Å²) in [6.07, 6.45) is 4.79. The van der Waals surface area contributed by atoms with Crippen molar-refractivity contribution in [2.24, 2.45) is 0 Å². The van der Waals surface area contributed by atoms with Crippen LogP contribution >= 0.6 is 0 Å². The minimum Gasteiger partial charge on any atom is -0.496 e. The molecule has 1 heterocycles. The summed E-state index contributed by atoms with van der Waals surface area (Å²) in [6.45, 7) is 8.12. The topological polar surface area (TPSA) is 24.5 Å². The van der Waals surface area contributed by atoms with Crippen molar-refractivity contribution in [1.29, 1.82) is 0 Å². The summed E-state index contributed by atoms with van der Waals surface area (Å²) in [5, 5.41) is 3.73. The first-order chi connectivity index (χ1) is 10.2. The van der Waals surface area contributed by atoms with E-state index in [4.69, 9.17) is 4.74 Å².